The zero-order valence-electron chi connectivity index (χ0n) is 14.7. The molecule has 0 radical (unpaired) electrons. The number of ether oxygens (including phenoxy) is 1. The fourth-order valence-corrected chi connectivity index (χ4v) is 3.05. The van der Waals surface area contributed by atoms with E-state index < -0.39 is 0 Å². The summed E-state index contributed by atoms with van der Waals surface area (Å²) in [7, 11) is 0. The Morgan fingerprint density at radius 1 is 1.04 bits per heavy atom. The summed E-state index contributed by atoms with van der Waals surface area (Å²) >= 11 is 0. The third-order valence-electron chi connectivity index (χ3n) is 4.53. The van der Waals surface area contributed by atoms with Crippen LogP contribution in [-0.2, 0) is 16.0 Å². The Labute approximate surface area is 149 Å². The van der Waals surface area contributed by atoms with Crippen LogP contribution in [0.3, 0.4) is 0 Å². The molecule has 3 rings (SSSR count). The molecule has 0 saturated carbocycles. The maximum atomic E-state index is 12.0. The molecule has 25 heavy (non-hydrogen) atoms. The Morgan fingerprint density at radius 3 is 2.48 bits per heavy atom. The van der Waals surface area contributed by atoms with Crippen LogP contribution in [-0.4, -0.2) is 54.8 Å². The van der Waals surface area contributed by atoms with E-state index in [0.717, 1.165) is 63.5 Å². The van der Waals surface area contributed by atoms with Crippen LogP contribution in [0.5, 0.6) is 0 Å². The molecule has 5 nitrogen and oxygen atoms in total. The maximum Gasteiger partial charge on any atom is 0.224 e. The quantitative estimate of drug-likeness (QED) is 0.749. The van der Waals surface area contributed by atoms with Crippen LogP contribution in [0.4, 0.5) is 0 Å². The number of aromatic nitrogens is 1. The Morgan fingerprint density at radius 2 is 1.76 bits per heavy atom. The van der Waals surface area contributed by atoms with Gasteiger partial charge in [0.15, 0.2) is 0 Å². The fraction of sp³-hybridized carbons (Fsp3) is 0.450. The number of carbonyl (C=O) groups excluding carboxylic acids is 1. The molecule has 0 spiro atoms. The van der Waals surface area contributed by atoms with E-state index >= 15 is 0 Å². The monoisotopic (exact) mass is 341 g/mol. The smallest absolute Gasteiger partial charge is 0.224 e. The van der Waals surface area contributed by atoms with Crippen molar-refractivity contribution in [2.24, 2.45) is 0 Å². The number of hydrogen-bond acceptors (Lipinski definition) is 3. The van der Waals surface area contributed by atoms with Crippen molar-refractivity contribution in [2.75, 3.05) is 39.4 Å². The predicted molar refractivity (Wildman–Crippen MR) is 99.0 cm³/mol. The van der Waals surface area contributed by atoms with E-state index in [1.807, 2.05) is 48.8 Å². The van der Waals surface area contributed by atoms with Crippen LogP contribution in [0.15, 0.2) is 48.8 Å². The predicted octanol–water partition coefficient (Wildman–Crippen LogP) is 2.25. The summed E-state index contributed by atoms with van der Waals surface area (Å²) in [6.07, 6.45) is 6.61. The van der Waals surface area contributed by atoms with Gasteiger partial charge in [-0.05, 0) is 49.2 Å². The van der Waals surface area contributed by atoms with Gasteiger partial charge < -0.3 is 14.6 Å². The highest BCUT2D eigenvalue weighted by Gasteiger charge is 2.09. The van der Waals surface area contributed by atoms with Crippen LogP contribution < -0.4 is 5.32 Å². The highest BCUT2D eigenvalue weighted by Crippen LogP contribution is 2.10. The lowest BCUT2D eigenvalue weighted by molar-refractivity contribution is -0.120. The van der Waals surface area contributed by atoms with Crippen LogP contribution in [0.1, 0.15) is 18.4 Å². The van der Waals surface area contributed by atoms with E-state index in [1.54, 1.807) is 0 Å². The first kappa shape index (κ1) is 17.7. The molecule has 0 atom stereocenters. The number of rotatable bonds is 8. The average Bonchev–Trinajstić information content (AvgIpc) is 3.18. The third-order valence-corrected chi connectivity index (χ3v) is 4.53. The lowest BCUT2D eigenvalue weighted by Gasteiger charge is -2.26. The molecule has 1 amide bonds. The molecule has 1 aromatic carbocycles. The summed E-state index contributed by atoms with van der Waals surface area (Å²) in [4.78, 5) is 14.5. The Balaban J connectivity index is 1.32. The molecule has 2 heterocycles. The van der Waals surface area contributed by atoms with Crippen molar-refractivity contribution in [3.63, 3.8) is 0 Å². The van der Waals surface area contributed by atoms with E-state index in [2.05, 4.69) is 14.8 Å². The van der Waals surface area contributed by atoms with Crippen molar-refractivity contribution in [1.29, 1.82) is 0 Å². The molecule has 2 aromatic rings. The molecular formula is C20H27N3O2. The first-order chi connectivity index (χ1) is 12.3. The summed E-state index contributed by atoms with van der Waals surface area (Å²) in [5, 5.41) is 3.02. The number of amides is 1. The van der Waals surface area contributed by atoms with Gasteiger partial charge in [0.05, 0.1) is 19.6 Å². The molecule has 5 heteroatoms. The number of benzene rings is 1. The molecule has 0 aliphatic carbocycles. The summed E-state index contributed by atoms with van der Waals surface area (Å²) in [6.45, 7) is 5.61. The number of unbranched alkanes of at least 4 members (excludes halogenated alkanes) is 1. The highest BCUT2D eigenvalue weighted by atomic mass is 16.5. The fourth-order valence-electron chi connectivity index (χ4n) is 3.05. The van der Waals surface area contributed by atoms with Gasteiger partial charge in [-0.15, -0.1) is 0 Å². The Bertz CT molecular complexity index is 631. The van der Waals surface area contributed by atoms with Gasteiger partial charge >= 0.3 is 0 Å². The van der Waals surface area contributed by atoms with E-state index in [4.69, 9.17) is 4.74 Å². The summed E-state index contributed by atoms with van der Waals surface area (Å²) in [6, 6.07) is 12.1. The van der Waals surface area contributed by atoms with Crippen LogP contribution >= 0.6 is 0 Å². The lowest BCUT2D eigenvalue weighted by atomic mass is 10.1. The zero-order valence-corrected chi connectivity index (χ0v) is 14.7. The SMILES string of the molecule is O=C(Cc1ccc(-n2cccc2)cc1)NCCCCN1CCOCC1. The molecule has 1 aliphatic heterocycles. The molecule has 1 saturated heterocycles. The molecule has 1 fully saturated rings. The zero-order chi connectivity index (χ0) is 17.3. The Hall–Kier alpha value is -2.11. The second kappa shape index (κ2) is 9.39. The van der Waals surface area contributed by atoms with Gasteiger partial charge in [0.25, 0.3) is 0 Å². The van der Waals surface area contributed by atoms with Gasteiger partial charge in [0, 0.05) is 37.7 Å². The van der Waals surface area contributed by atoms with Gasteiger partial charge in [0.1, 0.15) is 0 Å². The summed E-state index contributed by atoms with van der Waals surface area (Å²) in [5.41, 5.74) is 2.15. The van der Waals surface area contributed by atoms with Gasteiger partial charge in [-0.3, -0.25) is 9.69 Å². The number of carbonyl (C=O) groups is 1. The minimum Gasteiger partial charge on any atom is -0.379 e. The van der Waals surface area contributed by atoms with Gasteiger partial charge in [-0.25, -0.2) is 0 Å². The topological polar surface area (TPSA) is 46.5 Å². The second-order valence-electron chi connectivity index (χ2n) is 6.44. The second-order valence-corrected chi connectivity index (χ2v) is 6.44. The van der Waals surface area contributed by atoms with Crippen molar-refractivity contribution < 1.29 is 9.53 Å². The van der Waals surface area contributed by atoms with Gasteiger partial charge in [-0.2, -0.15) is 0 Å². The molecule has 1 aliphatic rings. The highest BCUT2D eigenvalue weighted by molar-refractivity contribution is 5.78. The van der Waals surface area contributed by atoms with E-state index in [9.17, 15) is 4.79 Å². The first-order valence-corrected chi connectivity index (χ1v) is 9.10. The number of nitrogens with one attached hydrogen (secondary N) is 1. The van der Waals surface area contributed by atoms with Crippen LogP contribution in [0.2, 0.25) is 0 Å². The van der Waals surface area contributed by atoms with E-state index in [0.29, 0.717) is 6.42 Å². The lowest BCUT2D eigenvalue weighted by Crippen LogP contribution is -2.37. The van der Waals surface area contributed by atoms with E-state index in [-0.39, 0.29) is 5.91 Å². The van der Waals surface area contributed by atoms with Crippen molar-refractivity contribution in [1.82, 2.24) is 14.8 Å². The van der Waals surface area contributed by atoms with Gasteiger partial charge in [-0.1, -0.05) is 12.1 Å². The van der Waals surface area contributed by atoms with E-state index in [1.165, 1.54) is 0 Å². The Kier molecular flexibility index (Phi) is 6.65. The molecule has 1 N–H and O–H groups in total. The summed E-state index contributed by atoms with van der Waals surface area (Å²) < 4.78 is 7.40. The van der Waals surface area contributed by atoms with Crippen LogP contribution in [0.25, 0.3) is 5.69 Å². The maximum absolute atomic E-state index is 12.0. The molecular weight excluding hydrogens is 314 g/mol. The standard InChI is InChI=1S/C20H27N3O2/c24-20(21-9-1-2-10-22-13-15-25-16-14-22)17-18-5-7-19(8-6-18)23-11-3-4-12-23/h3-8,11-12H,1-2,9-10,13-17H2,(H,21,24). The number of hydrogen-bond donors (Lipinski definition) is 1. The van der Waals surface area contributed by atoms with Crippen molar-refractivity contribution in [3.05, 3.63) is 54.4 Å². The van der Waals surface area contributed by atoms with Gasteiger partial charge in [0.2, 0.25) is 5.91 Å². The third kappa shape index (κ3) is 5.73. The summed E-state index contributed by atoms with van der Waals surface area (Å²) in [5.74, 6) is 0.0973. The van der Waals surface area contributed by atoms with Crippen molar-refractivity contribution >= 4 is 5.91 Å². The minimum atomic E-state index is 0.0973. The van der Waals surface area contributed by atoms with Crippen LogP contribution in [0, 0.1) is 0 Å². The average molecular weight is 341 g/mol. The largest absolute Gasteiger partial charge is 0.379 e. The number of nitrogens with zero attached hydrogens (tertiary/aromatic N) is 2. The molecule has 0 bridgehead atoms. The van der Waals surface area contributed by atoms with Crippen molar-refractivity contribution in [2.45, 2.75) is 19.3 Å². The first-order valence-electron chi connectivity index (χ1n) is 9.10. The minimum absolute atomic E-state index is 0.0973. The number of morpholine rings is 1. The molecule has 0 unspecified atom stereocenters. The van der Waals surface area contributed by atoms with Crippen molar-refractivity contribution in [3.8, 4) is 5.69 Å². The normalized spacial score (nSPS) is 15.2. The molecule has 134 valence electrons. The molecule has 1 aromatic heterocycles.